The molecule has 0 saturated carbocycles. The quantitative estimate of drug-likeness (QED) is 0.129. The Bertz CT molecular complexity index is 692. The second-order valence-electron chi connectivity index (χ2n) is 9.01. The molecule has 1 aromatic rings. The number of ether oxygens (including phenoxy) is 9. The second-order valence-corrected chi connectivity index (χ2v) is 9.01. The van der Waals surface area contributed by atoms with Gasteiger partial charge in [-0.05, 0) is 30.7 Å². The first-order valence-electron chi connectivity index (χ1n) is 14.8. The largest absolute Gasteiger partial charge is 0.491 e. The minimum Gasteiger partial charge on any atom is -0.491 e. The lowest BCUT2D eigenvalue weighted by molar-refractivity contribution is -0.114. The van der Waals surface area contributed by atoms with Gasteiger partial charge < -0.3 is 47.9 Å². The minimum atomic E-state index is -0.104. The van der Waals surface area contributed by atoms with E-state index in [4.69, 9.17) is 42.6 Å². The molecule has 238 valence electrons. The average molecular weight is 588 g/mol. The SMILES string of the molecule is CCCCCCOCCOCCOCCOCCOCCOCCOCCOCCOc1ccc(NC(C)=O)cc1. The van der Waals surface area contributed by atoms with Crippen LogP contribution in [-0.4, -0.2) is 118 Å². The van der Waals surface area contributed by atoms with Gasteiger partial charge in [0.25, 0.3) is 0 Å². The van der Waals surface area contributed by atoms with Gasteiger partial charge in [-0.3, -0.25) is 4.79 Å². The van der Waals surface area contributed by atoms with Crippen LogP contribution in [0.25, 0.3) is 0 Å². The normalized spacial score (nSPS) is 11.2. The molecule has 0 atom stereocenters. The molecule has 1 rings (SSSR count). The first-order chi connectivity index (χ1) is 20.2. The second kappa shape index (κ2) is 29.7. The monoisotopic (exact) mass is 587 g/mol. The van der Waals surface area contributed by atoms with Crippen LogP contribution in [0.2, 0.25) is 0 Å². The van der Waals surface area contributed by atoms with E-state index in [0.717, 1.165) is 24.5 Å². The maximum absolute atomic E-state index is 11.0. The Hall–Kier alpha value is -1.83. The minimum absolute atomic E-state index is 0.104. The molecule has 0 spiro atoms. The maximum atomic E-state index is 11.0. The highest BCUT2D eigenvalue weighted by Gasteiger charge is 1.98. The van der Waals surface area contributed by atoms with Crippen LogP contribution in [0.5, 0.6) is 5.75 Å². The molecule has 0 aliphatic rings. The van der Waals surface area contributed by atoms with E-state index < -0.39 is 0 Å². The number of rotatable bonds is 31. The first-order valence-corrected chi connectivity index (χ1v) is 14.8. The van der Waals surface area contributed by atoms with Crippen LogP contribution in [0.1, 0.15) is 39.5 Å². The Morgan fingerprint density at radius 3 is 1.24 bits per heavy atom. The Labute approximate surface area is 246 Å². The zero-order chi connectivity index (χ0) is 29.5. The number of hydrogen-bond acceptors (Lipinski definition) is 10. The van der Waals surface area contributed by atoms with E-state index in [0.29, 0.717) is 106 Å². The van der Waals surface area contributed by atoms with Gasteiger partial charge in [-0.2, -0.15) is 0 Å². The number of unbranched alkanes of at least 4 members (excludes halogenated alkanes) is 3. The molecule has 0 unspecified atom stereocenters. The molecule has 1 amide bonds. The summed E-state index contributed by atoms with van der Waals surface area (Å²) in [4.78, 5) is 11.0. The van der Waals surface area contributed by atoms with Gasteiger partial charge in [0.2, 0.25) is 5.91 Å². The lowest BCUT2D eigenvalue weighted by Crippen LogP contribution is -2.15. The van der Waals surface area contributed by atoms with Gasteiger partial charge in [0.1, 0.15) is 12.4 Å². The van der Waals surface area contributed by atoms with E-state index in [2.05, 4.69) is 12.2 Å². The molecule has 0 aliphatic carbocycles. The van der Waals surface area contributed by atoms with Crippen molar-refractivity contribution < 1.29 is 47.4 Å². The van der Waals surface area contributed by atoms with Crippen molar-refractivity contribution in [3.8, 4) is 5.75 Å². The van der Waals surface area contributed by atoms with Crippen molar-refractivity contribution in [2.45, 2.75) is 39.5 Å². The summed E-state index contributed by atoms with van der Waals surface area (Å²) < 4.78 is 49.4. The smallest absolute Gasteiger partial charge is 0.221 e. The van der Waals surface area contributed by atoms with Crippen LogP contribution in [0.4, 0.5) is 5.69 Å². The van der Waals surface area contributed by atoms with Crippen LogP contribution < -0.4 is 10.1 Å². The molecular weight excluding hydrogens is 534 g/mol. The Morgan fingerprint density at radius 1 is 0.512 bits per heavy atom. The van der Waals surface area contributed by atoms with E-state index in [1.165, 1.54) is 26.2 Å². The zero-order valence-corrected chi connectivity index (χ0v) is 25.2. The van der Waals surface area contributed by atoms with Crippen LogP contribution >= 0.6 is 0 Å². The van der Waals surface area contributed by atoms with E-state index in [1.807, 2.05) is 0 Å². The molecule has 0 heterocycles. The Balaban J connectivity index is 1.68. The summed E-state index contributed by atoms with van der Waals surface area (Å²) >= 11 is 0. The topological polar surface area (TPSA) is 112 Å². The van der Waals surface area contributed by atoms with Crippen molar-refractivity contribution in [1.82, 2.24) is 0 Å². The van der Waals surface area contributed by atoms with E-state index in [9.17, 15) is 4.79 Å². The van der Waals surface area contributed by atoms with Crippen molar-refractivity contribution in [1.29, 1.82) is 0 Å². The molecule has 1 N–H and O–H groups in total. The standard InChI is InChI=1S/C30H53NO10/c1-3-4-5-6-11-33-12-13-34-14-15-35-16-17-36-18-19-37-20-21-38-22-23-39-24-25-40-26-27-41-30-9-7-29(8-10-30)31-28(2)32/h7-10H,3-6,11-27H2,1-2H3,(H,31,32). The molecule has 0 aliphatic heterocycles. The average Bonchev–Trinajstić information content (AvgIpc) is 2.97. The molecule has 0 bridgehead atoms. The van der Waals surface area contributed by atoms with Crippen LogP contribution in [0.3, 0.4) is 0 Å². The van der Waals surface area contributed by atoms with E-state index in [1.54, 1.807) is 24.3 Å². The highest BCUT2D eigenvalue weighted by molar-refractivity contribution is 5.88. The zero-order valence-electron chi connectivity index (χ0n) is 25.2. The molecule has 11 heteroatoms. The van der Waals surface area contributed by atoms with Gasteiger partial charge in [-0.15, -0.1) is 0 Å². The van der Waals surface area contributed by atoms with Gasteiger partial charge in [0.05, 0.1) is 99.1 Å². The summed E-state index contributed by atoms with van der Waals surface area (Å²) in [5.41, 5.74) is 0.736. The highest BCUT2D eigenvalue weighted by atomic mass is 16.6. The molecule has 0 saturated heterocycles. The maximum Gasteiger partial charge on any atom is 0.221 e. The number of carbonyl (C=O) groups excluding carboxylic acids is 1. The van der Waals surface area contributed by atoms with E-state index in [-0.39, 0.29) is 5.91 Å². The summed E-state index contributed by atoms with van der Waals surface area (Å²) in [6.07, 6.45) is 4.89. The Morgan fingerprint density at radius 2 is 0.878 bits per heavy atom. The van der Waals surface area contributed by atoms with Crippen molar-refractivity contribution in [3.05, 3.63) is 24.3 Å². The van der Waals surface area contributed by atoms with Crippen LogP contribution in [0, 0.1) is 0 Å². The predicted octanol–water partition coefficient (Wildman–Crippen LogP) is 3.74. The van der Waals surface area contributed by atoms with Gasteiger partial charge in [-0.25, -0.2) is 0 Å². The van der Waals surface area contributed by atoms with Gasteiger partial charge in [0.15, 0.2) is 0 Å². The van der Waals surface area contributed by atoms with Crippen molar-refractivity contribution in [2.75, 3.05) is 118 Å². The number of benzene rings is 1. The first kappa shape index (κ1) is 37.2. The molecule has 0 fully saturated rings. The number of amides is 1. The lowest BCUT2D eigenvalue weighted by Gasteiger charge is -2.09. The number of hydrogen-bond donors (Lipinski definition) is 1. The third-order valence-corrected chi connectivity index (χ3v) is 5.42. The molecule has 0 aromatic heterocycles. The molecule has 41 heavy (non-hydrogen) atoms. The predicted molar refractivity (Wildman–Crippen MR) is 157 cm³/mol. The van der Waals surface area contributed by atoms with Crippen LogP contribution in [-0.2, 0) is 42.7 Å². The molecule has 0 radical (unpaired) electrons. The van der Waals surface area contributed by atoms with Gasteiger partial charge in [0, 0.05) is 19.2 Å². The highest BCUT2D eigenvalue weighted by Crippen LogP contribution is 2.15. The summed E-state index contributed by atoms with van der Waals surface area (Å²) in [5.74, 6) is 0.618. The molecule has 1 aromatic carbocycles. The Kier molecular flexibility index (Phi) is 26.9. The van der Waals surface area contributed by atoms with Gasteiger partial charge in [-0.1, -0.05) is 26.2 Å². The number of carbonyl (C=O) groups is 1. The fourth-order valence-corrected chi connectivity index (χ4v) is 3.33. The fourth-order valence-electron chi connectivity index (χ4n) is 3.33. The fraction of sp³-hybridized carbons (Fsp3) is 0.767. The molecular formula is C30H53NO10. The van der Waals surface area contributed by atoms with Gasteiger partial charge >= 0.3 is 0 Å². The summed E-state index contributed by atoms with van der Waals surface area (Å²) in [5, 5.41) is 2.71. The summed E-state index contributed by atoms with van der Waals surface area (Å²) in [6, 6.07) is 7.19. The molecule has 11 nitrogen and oxygen atoms in total. The van der Waals surface area contributed by atoms with Crippen molar-refractivity contribution in [2.24, 2.45) is 0 Å². The lowest BCUT2D eigenvalue weighted by atomic mass is 10.2. The van der Waals surface area contributed by atoms with Crippen LogP contribution in [0.15, 0.2) is 24.3 Å². The third-order valence-electron chi connectivity index (χ3n) is 5.42. The third kappa shape index (κ3) is 26.8. The summed E-state index contributed by atoms with van der Waals surface area (Å²) in [6.45, 7) is 12.9. The summed E-state index contributed by atoms with van der Waals surface area (Å²) in [7, 11) is 0. The van der Waals surface area contributed by atoms with Crippen molar-refractivity contribution >= 4 is 11.6 Å². The van der Waals surface area contributed by atoms with E-state index >= 15 is 0 Å². The van der Waals surface area contributed by atoms with Crippen molar-refractivity contribution in [3.63, 3.8) is 0 Å². The number of nitrogens with one attached hydrogen (secondary N) is 1. The number of anilines is 1.